The van der Waals surface area contributed by atoms with Gasteiger partial charge in [-0.25, -0.2) is 4.98 Å². The van der Waals surface area contributed by atoms with Gasteiger partial charge >= 0.3 is 0 Å². The van der Waals surface area contributed by atoms with Gasteiger partial charge in [0.05, 0.1) is 22.4 Å². The lowest BCUT2D eigenvalue weighted by molar-refractivity contribution is 1.19. The number of hydrogen-bond acceptors (Lipinski definition) is 2. The van der Waals surface area contributed by atoms with Crippen LogP contribution in [-0.2, 0) is 0 Å². The van der Waals surface area contributed by atoms with Crippen molar-refractivity contribution in [1.29, 1.82) is 0 Å². The highest BCUT2D eigenvalue weighted by Gasteiger charge is 2.20. The van der Waals surface area contributed by atoms with Gasteiger partial charge in [-0.15, -0.1) is 11.3 Å². The Morgan fingerprint density at radius 3 is 1.95 bits per heavy atom. The van der Waals surface area contributed by atoms with Crippen molar-refractivity contribution < 1.29 is 0 Å². The zero-order valence-corrected chi connectivity index (χ0v) is 22.8. The molecule has 4 heteroatoms. The number of nitrogens with zero attached hydrogens (tertiary/aromatic N) is 3. The molecular weight excluding hydrogens is 518 g/mol. The van der Waals surface area contributed by atoms with Gasteiger partial charge in [0.1, 0.15) is 5.65 Å². The molecule has 0 aliphatic rings. The first kappa shape index (κ1) is 22.6. The highest BCUT2D eigenvalue weighted by Crippen LogP contribution is 2.45. The standard InChI is InChI=1S/C37H23N3S/c1-4-12-31-26(9-1)27-10-2-5-13-32(27)40(31)33-21-20-29-28-11-3-6-14-34(28)41-37(29)36(33)25-18-16-24(17-19-25)30-23-39-22-8-7-15-35(39)38-30/h1-23H. The molecule has 0 atom stereocenters. The monoisotopic (exact) mass is 541 g/mol. The molecule has 0 radical (unpaired) electrons. The van der Waals surface area contributed by atoms with Crippen LogP contribution in [0.1, 0.15) is 0 Å². The van der Waals surface area contributed by atoms with Crippen LogP contribution in [0.3, 0.4) is 0 Å². The molecule has 3 nitrogen and oxygen atoms in total. The van der Waals surface area contributed by atoms with Crippen molar-refractivity contribution in [2.75, 3.05) is 0 Å². The van der Waals surface area contributed by atoms with E-state index in [-0.39, 0.29) is 0 Å². The van der Waals surface area contributed by atoms with Gasteiger partial charge < -0.3 is 8.97 Å². The predicted molar refractivity (Wildman–Crippen MR) is 173 cm³/mol. The number of imidazole rings is 1. The van der Waals surface area contributed by atoms with Crippen molar-refractivity contribution in [1.82, 2.24) is 14.0 Å². The number of pyridine rings is 1. The van der Waals surface area contributed by atoms with E-state index in [1.54, 1.807) is 0 Å². The molecule has 0 spiro atoms. The van der Waals surface area contributed by atoms with Crippen molar-refractivity contribution in [2.24, 2.45) is 0 Å². The molecule has 0 bridgehead atoms. The summed E-state index contributed by atoms with van der Waals surface area (Å²) < 4.78 is 7.14. The summed E-state index contributed by atoms with van der Waals surface area (Å²) in [6.45, 7) is 0. The Morgan fingerprint density at radius 2 is 1.20 bits per heavy atom. The van der Waals surface area contributed by atoms with E-state index in [4.69, 9.17) is 4.98 Å². The maximum absolute atomic E-state index is 4.85. The minimum absolute atomic E-state index is 0.954. The van der Waals surface area contributed by atoms with Gasteiger partial charge in [-0.3, -0.25) is 0 Å². The average Bonchev–Trinajstić information content (AvgIpc) is 3.72. The second-order valence-corrected chi connectivity index (χ2v) is 11.5. The van der Waals surface area contributed by atoms with E-state index < -0.39 is 0 Å². The smallest absolute Gasteiger partial charge is 0.137 e. The van der Waals surface area contributed by atoms with Gasteiger partial charge in [0.25, 0.3) is 0 Å². The Hall–Kier alpha value is -5.19. The minimum atomic E-state index is 0.954. The van der Waals surface area contributed by atoms with Crippen LogP contribution in [0.4, 0.5) is 0 Å². The quantitative estimate of drug-likeness (QED) is 0.218. The summed E-state index contributed by atoms with van der Waals surface area (Å²) in [6.07, 6.45) is 4.14. The molecule has 4 aromatic heterocycles. The zero-order chi connectivity index (χ0) is 26.9. The summed E-state index contributed by atoms with van der Waals surface area (Å²) in [6, 6.07) is 45.9. The van der Waals surface area contributed by atoms with E-state index in [1.165, 1.54) is 58.8 Å². The normalized spacial score (nSPS) is 11.9. The Morgan fingerprint density at radius 1 is 0.537 bits per heavy atom. The van der Waals surface area contributed by atoms with Gasteiger partial charge in [0.2, 0.25) is 0 Å². The summed E-state index contributed by atoms with van der Waals surface area (Å²) in [5, 5.41) is 5.15. The lowest BCUT2D eigenvalue weighted by atomic mass is 9.98. The third-order valence-corrected chi connectivity index (χ3v) is 9.38. The highest BCUT2D eigenvalue weighted by atomic mass is 32.1. The van der Waals surface area contributed by atoms with Gasteiger partial charge in [-0.1, -0.05) is 91.0 Å². The van der Waals surface area contributed by atoms with Crippen LogP contribution < -0.4 is 0 Å². The van der Waals surface area contributed by atoms with Crippen LogP contribution in [0.15, 0.2) is 140 Å². The first-order valence-electron chi connectivity index (χ1n) is 13.8. The predicted octanol–water partition coefficient (Wildman–Crippen LogP) is 10.1. The van der Waals surface area contributed by atoms with Gasteiger partial charge in [0.15, 0.2) is 0 Å². The second kappa shape index (κ2) is 8.65. The summed E-state index contributed by atoms with van der Waals surface area (Å²) in [5.74, 6) is 0. The summed E-state index contributed by atoms with van der Waals surface area (Å²) in [5.41, 5.74) is 9.14. The number of thiophene rings is 1. The molecule has 9 aromatic rings. The number of para-hydroxylation sites is 2. The fourth-order valence-electron chi connectivity index (χ4n) is 6.31. The van der Waals surface area contributed by atoms with Gasteiger partial charge in [0, 0.05) is 54.5 Å². The van der Waals surface area contributed by atoms with Crippen molar-refractivity contribution >= 4 is 59.0 Å². The molecule has 4 heterocycles. The summed E-state index contributed by atoms with van der Waals surface area (Å²) >= 11 is 1.88. The van der Waals surface area contributed by atoms with Crippen molar-refractivity contribution in [3.63, 3.8) is 0 Å². The van der Waals surface area contributed by atoms with Crippen molar-refractivity contribution in [3.8, 4) is 28.1 Å². The highest BCUT2D eigenvalue weighted by molar-refractivity contribution is 7.26. The van der Waals surface area contributed by atoms with Crippen LogP contribution in [0.5, 0.6) is 0 Å². The Balaban J connectivity index is 1.33. The maximum Gasteiger partial charge on any atom is 0.137 e. The molecule has 0 amide bonds. The molecule has 0 saturated heterocycles. The third kappa shape index (κ3) is 3.35. The molecule has 0 unspecified atom stereocenters. The second-order valence-electron chi connectivity index (χ2n) is 10.5. The molecule has 0 aliphatic heterocycles. The lowest BCUT2D eigenvalue weighted by Crippen LogP contribution is -1.97. The zero-order valence-electron chi connectivity index (χ0n) is 22.0. The molecule has 0 N–H and O–H groups in total. The van der Waals surface area contributed by atoms with E-state index >= 15 is 0 Å². The third-order valence-electron chi connectivity index (χ3n) is 8.18. The molecular formula is C37H23N3S. The summed E-state index contributed by atoms with van der Waals surface area (Å²) in [7, 11) is 0. The topological polar surface area (TPSA) is 22.2 Å². The van der Waals surface area contributed by atoms with E-state index in [2.05, 4.69) is 124 Å². The Bertz CT molecular complexity index is 2340. The van der Waals surface area contributed by atoms with E-state index in [9.17, 15) is 0 Å². The van der Waals surface area contributed by atoms with E-state index in [0.29, 0.717) is 0 Å². The Kier molecular flexibility index (Phi) is 4.77. The fourth-order valence-corrected chi connectivity index (χ4v) is 7.57. The number of benzene rings is 5. The first-order chi connectivity index (χ1) is 20.3. The van der Waals surface area contributed by atoms with Crippen LogP contribution in [-0.4, -0.2) is 14.0 Å². The van der Waals surface area contributed by atoms with Crippen LogP contribution in [0.2, 0.25) is 0 Å². The fraction of sp³-hybridized carbons (Fsp3) is 0. The lowest BCUT2D eigenvalue weighted by Gasteiger charge is -2.16. The number of rotatable bonds is 3. The largest absolute Gasteiger partial charge is 0.309 e. The molecule has 0 fully saturated rings. The number of hydrogen-bond donors (Lipinski definition) is 0. The van der Waals surface area contributed by atoms with Crippen LogP contribution in [0, 0.1) is 0 Å². The molecule has 0 aliphatic carbocycles. The maximum atomic E-state index is 4.85. The Labute approximate surface area is 240 Å². The van der Waals surface area contributed by atoms with Crippen LogP contribution >= 0.6 is 11.3 Å². The minimum Gasteiger partial charge on any atom is -0.309 e. The average molecular weight is 542 g/mol. The van der Waals surface area contributed by atoms with Crippen molar-refractivity contribution in [2.45, 2.75) is 0 Å². The number of aromatic nitrogens is 3. The number of fused-ring (bicyclic) bond motifs is 7. The first-order valence-corrected chi connectivity index (χ1v) is 14.6. The SMILES string of the molecule is c1ccc2c(c1)sc1c(-c3ccc(-c4cn5ccccc5n4)cc3)c(-n3c4ccccc4c4ccccc43)ccc12. The summed E-state index contributed by atoms with van der Waals surface area (Å²) in [4.78, 5) is 4.85. The van der Waals surface area contributed by atoms with Crippen LogP contribution in [0.25, 0.3) is 75.7 Å². The molecule has 0 saturated carbocycles. The molecule has 9 rings (SSSR count). The van der Waals surface area contributed by atoms with Gasteiger partial charge in [-0.2, -0.15) is 0 Å². The van der Waals surface area contributed by atoms with E-state index in [0.717, 1.165) is 16.9 Å². The molecule has 5 aromatic carbocycles. The van der Waals surface area contributed by atoms with Crippen molar-refractivity contribution in [3.05, 3.63) is 140 Å². The molecule has 41 heavy (non-hydrogen) atoms. The molecule has 192 valence electrons. The van der Waals surface area contributed by atoms with Gasteiger partial charge in [-0.05, 0) is 42.0 Å². The van der Waals surface area contributed by atoms with E-state index in [1.807, 2.05) is 35.7 Å².